The topological polar surface area (TPSA) is 113 Å². The number of ether oxygens (including phenoxy) is 1. The van der Waals surface area contributed by atoms with Crippen LogP contribution in [0.15, 0.2) is 59.4 Å². The summed E-state index contributed by atoms with van der Waals surface area (Å²) in [5, 5.41) is 18.0. The number of hydrogen-bond donors (Lipinski definition) is 3. The third-order valence-corrected chi connectivity index (χ3v) is 5.97. The van der Waals surface area contributed by atoms with Gasteiger partial charge in [-0.2, -0.15) is 10.2 Å². The lowest BCUT2D eigenvalue weighted by molar-refractivity contribution is -0.141. The standard InChI is InChI=1S/C27H28FN5O3/c1-15(2)22(14-36-17(4)34)29-27-24(25(31-33-27)18-9-11-19(28)12-10-18)26-21(13-23(35)30-32-26)20-8-6-5-7-16(20)3/h5-13,15,22H,14H2,1-4H3,(H,30,35)(H2,29,31,33)/t22-/m1/s1. The highest BCUT2D eigenvalue weighted by atomic mass is 19.1. The largest absolute Gasteiger partial charge is 0.464 e. The van der Waals surface area contributed by atoms with E-state index in [1.807, 2.05) is 45.0 Å². The van der Waals surface area contributed by atoms with Crippen molar-refractivity contribution in [2.45, 2.75) is 33.7 Å². The molecule has 0 aliphatic rings. The van der Waals surface area contributed by atoms with Crippen LogP contribution in [0.5, 0.6) is 0 Å². The Morgan fingerprint density at radius 1 is 1.03 bits per heavy atom. The Hall–Kier alpha value is -4.27. The van der Waals surface area contributed by atoms with E-state index in [9.17, 15) is 14.0 Å². The molecular weight excluding hydrogens is 461 g/mol. The highest BCUT2D eigenvalue weighted by molar-refractivity contribution is 5.94. The van der Waals surface area contributed by atoms with Gasteiger partial charge >= 0.3 is 5.97 Å². The SMILES string of the molecule is CC(=O)OC[C@@H](Nc1[nH]nc(-c2ccc(F)cc2)c1-c1n[nH]c(=O)cc1-c1ccccc1C)C(C)C. The number of aromatic amines is 2. The predicted molar refractivity (Wildman–Crippen MR) is 137 cm³/mol. The van der Waals surface area contributed by atoms with Crippen LogP contribution < -0.4 is 10.9 Å². The minimum atomic E-state index is -0.372. The highest BCUT2D eigenvalue weighted by Gasteiger charge is 2.25. The maximum absolute atomic E-state index is 13.7. The van der Waals surface area contributed by atoms with Gasteiger partial charge in [0.2, 0.25) is 0 Å². The van der Waals surface area contributed by atoms with Gasteiger partial charge in [-0.05, 0) is 48.2 Å². The third kappa shape index (κ3) is 5.35. The fourth-order valence-electron chi connectivity index (χ4n) is 3.96. The van der Waals surface area contributed by atoms with Crippen LogP contribution in [0, 0.1) is 18.7 Å². The van der Waals surface area contributed by atoms with Crippen molar-refractivity contribution < 1.29 is 13.9 Å². The number of nitrogens with zero attached hydrogens (tertiary/aromatic N) is 2. The molecule has 3 N–H and O–H groups in total. The minimum Gasteiger partial charge on any atom is -0.464 e. The average molecular weight is 490 g/mol. The molecule has 4 rings (SSSR count). The van der Waals surface area contributed by atoms with Gasteiger partial charge in [0.05, 0.1) is 11.6 Å². The molecule has 36 heavy (non-hydrogen) atoms. The van der Waals surface area contributed by atoms with Crippen molar-refractivity contribution in [3.8, 4) is 33.6 Å². The Morgan fingerprint density at radius 3 is 2.39 bits per heavy atom. The lowest BCUT2D eigenvalue weighted by atomic mass is 9.94. The summed E-state index contributed by atoms with van der Waals surface area (Å²) in [6.07, 6.45) is 0. The number of rotatable bonds is 8. The Bertz CT molecular complexity index is 1430. The van der Waals surface area contributed by atoms with Crippen LogP contribution in [-0.2, 0) is 9.53 Å². The number of nitrogens with one attached hydrogen (secondary N) is 3. The summed E-state index contributed by atoms with van der Waals surface area (Å²) in [5.74, 6) is -0.0923. The number of esters is 1. The monoisotopic (exact) mass is 489 g/mol. The number of H-pyrrole nitrogens is 2. The average Bonchev–Trinajstić information content (AvgIpc) is 3.25. The number of aryl methyl sites for hydroxylation is 1. The summed E-state index contributed by atoms with van der Waals surface area (Å²) < 4.78 is 19.0. The van der Waals surface area contributed by atoms with E-state index in [4.69, 9.17) is 4.74 Å². The van der Waals surface area contributed by atoms with E-state index < -0.39 is 0 Å². The van der Waals surface area contributed by atoms with Crippen molar-refractivity contribution in [1.29, 1.82) is 0 Å². The molecule has 2 aromatic carbocycles. The summed E-state index contributed by atoms with van der Waals surface area (Å²) in [4.78, 5) is 23.8. The van der Waals surface area contributed by atoms with Crippen molar-refractivity contribution in [3.63, 3.8) is 0 Å². The molecule has 2 heterocycles. The van der Waals surface area contributed by atoms with Gasteiger partial charge in [0.1, 0.15) is 29.6 Å². The van der Waals surface area contributed by atoms with E-state index in [-0.39, 0.29) is 35.9 Å². The molecule has 0 unspecified atom stereocenters. The number of hydrogen-bond acceptors (Lipinski definition) is 6. The molecule has 4 aromatic rings. The fourth-order valence-corrected chi connectivity index (χ4v) is 3.96. The second-order valence-electron chi connectivity index (χ2n) is 8.94. The number of anilines is 1. The summed E-state index contributed by atoms with van der Waals surface area (Å²) >= 11 is 0. The molecule has 0 bridgehead atoms. The number of carbonyl (C=O) groups is 1. The second kappa shape index (κ2) is 10.6. The van der Waals surface area contributed by atoms with Crippen LogP contribution in [0.3, 0.4) is 0 Å². The van der Waals surface area contributed by atoms with E-state index >= 15 is 0 Å². The Morgan fingerprint density at radius 2 is 1.72 bits per heavy atom. The maximum atomic E-state index is 13.7. The predicted octanol–water partition coefficient (Wildman–Crippen LogP) is 4.94. The van der Waals surface area contributed by atoms with Gasteiger partial charge in [-0.15, -0.1) is 0 Å². The lowest BCUT2D eigenvalue weighted by Gasteiger charge is -2.23. The fraction of sp³-hybridized carbons (Fsp3) is 0.259. The maximum Gasteiger partial charge on any atom is 0.302 e. The summed E-state index contributed by atoms with van der Waals surface area (Å²) in [6.45, 7) is 7.50. The number of halogens is 1. The second-order valence-corrected chi connectivity index (χ2v) is 8.94. The van der Waals surface area contributed by atoms with Crippen LogP contribution in [0.1, 0.15) is 26.3 Å². The minimum absolute atomic E-state index is 0.106. The van der Waals surface area contributed by atoms with Gasteiger partial charge in [0.25, 0.3) is 5.56 Å². The van der Waals surface area contributed by atoms with Gasteiger partial charge in [-0.25, -0.2) is 9.49 Å². The Kier molecular flexibility index (Phi) is 7.28. The number of carbonyl (C=O) groups excluding carboxylic acids is 1. The van der Waals surface area contributed by atoms with Crippen LogP contribution in [0.4, 0.5) is 10.2 Å². The smallest absolute Gasteiger partial charge is 0.302 e. The number of benzene rings is 2. The van der Waals surface area contributed by atoms with Gasteiger partial charge in [-0.3, -0.25) is 14.7 Å². The first-order valence-corrected chi connectivity index (χ1v) is 11.6. The molecule has 0 saturated carbocycles. The zero-order valence-corrected chi connectivity index (χ0v) is 20.6. The molecular formula is C27H28FN5O3. The summed E-state index contributed by atoms with van der Waals surface area (Å²) in [6, 6.07) is 15.0. The van der Waals surface area contributed by atoms with Gasteiger partial charge in [0.15, 0.2) is 0 Å². The third-order valence-electron chi connectivity index (χ3n) is 5.97. The van der Waals surface area contributed by atoms with E-state index in [2.05, 4.69) is 25.7 Å². The van der Waals surface area contributed by atoms with Gasteiger partial charge < -0.3 is 10.1 Å². The normalized spacial score (nSPS) is 11.9. The van der Waals surface area contributed by atoms with E-state index in [1.54, 1.807) is 12.1 Å². The summed E-state index contributed by atoms with van der Waals surface area (Å²) in [5.41, 5.74) is 4.41. The van der Waals surface area contributed by atoms with Crippen LogP contribution in [-0.4, -0.2) is 39.0 Å². The van der Waals surface area contributed by atoms with Gasteiger partial charge in [-0.1, -0.05) is 38.1 Å². The molecule has 9 heteroatoms. The molecule has 0 radical (unpaired) electrons. The molecule has 186 valence electrons. The highest BCUT2D eigenvalue weighted by Crippen LogP contribution is 2.40. The first-order valence-electron chi connectivity index (χ1n) is 11.6. The molecule has 0 saturated heterocycles. The zero-order chi connectivity index (χ0) is 25.8. The van der Waals surface area contributed by atoms with E-state index in [0.717, 1.165) is 11.1 Å². The number of aromatic nitrogens is 4. The molecule has 0 aliphatic heterocycles. The van der Waals surface area contributed by atoms with Crippen molar-refractivity contribution in [1.82, 2.24) is 20.4 Å². The van der Waals surface area contributed by atoms with E-state index in [1.165, 1.54) is 25.1 Å². The van der Waals surface area contributed by atoms with Crippen LogP contribution in [0.2, 0.25) is 0 Å². The first kappa shape index (κ1) is 24.8. The van der Waals surface area contributed by atoms with Crippen LogP contribution in [0.25, 0.3) is 33.6 Å². The Labute approximate surface area is 207 Å². The Balaban J connectivity index is 1.92. The molecule has 0 fully saturated rings. The molecule has 0 aliphatic carbocycles. The van der Waals surface area contributed by atoms with E-state index in [0.29, 0.717) is 33.9 Å². The lowest BCUT2D eigenvalue weighted by Crippen LogP contribution is -2.32. The molecule has 0 spiro atoms. The van der Waals surface area contributed by atoms with Crippen LogP contribution >= 0.6 is 0 Å². The molecule has 1 atom stereocenters. The quantitative estimate of drug-likeness (QED) is 0.302. The first-order chi connectivity index (χ1) is 17.2. The van der Waals surface area contributed by atoms with Crippen molar-refractivity contribution >= 4 is 11.8 Å². The molecule has 2 aromatic heterocycles. The van der Waals surface area contributed by atoms with Gasteiger partial charge in [0, 0.05) is 24.1 Å². The van der Waals surface area contributed by atoms with Crippen molar-refractivity contribution in [2.24, 2.45) is 5.92 Å². The molecule has 0 amide bonds. The zero-order valence-electron chi connectivity index (χ0n) is 20.6. The van der Waals surface area contributed by atoms with Crippen molar-refractivity contribution in [3.05, 3.63) is 76.3 Å². The molecule has 8 nitrogen and oxygen atoms in total. The van der Waals surface area contributed by atoms with Crippen molar-refractivity contribution in [2.75, 3.05) is 11.9 Å². The summed E-state index contributed by atoms with van der Waals surface area (Å²) in [7, 11) is 0.